The third-order valence-corrected chi connectivity index (χ3v) is 1.85. The summed E-state index contributed by atoms with van der Waals surface area (Å²) >= 11 is 0. The number of unbranched alkanes of at least 4 members (excludes halogenated alkanes) is 3. The van der Waals surface area contributed by atoms with Crippen LogP contribution in [0.2, 0.25) is 0 Å². The molecule has 0 amide bonds. The number of aliphatic hydroxyl groups is 3. The molecule has 0 radical (unpaired) electrons. The number of carbonyl (C=O) groups is 1. The second-order valence-corrected chi connectivity index (χ2v) is 6.56. The molecule has 0 aliphatic rings. The van der Waals surface area contributed by atoms with Gasteiger partial charge in [0, 0.05) is 46.5 Å². The van der Waals surface area contributed by atoms with Gasteiger partial charge in [0.1, 0.15) is 0 Å². The summed E-state index contributed by atoms with van der Waals surface area (Å²) in [5.74, 6) is -0.675. The molecule has 0 saturated carbocycles. The van der Waals surface area contributed by atoms with E-state index in [0.717, 1.165) is 19.3 Å². The molecule has 0 fully saturated rings. The molecule has 6 heteroatoms. The SMILES string of the molecule is CC(C)O.CC(C)O.CC(C)O.CCCCCCC(=O)O.[Ti].[c-]1ccccc1. The first-order valence-electron chi connectivity index (χ1n) is 9.64. The van der Waals surface area contributed by atoms with E-state index in [-0.39, 0.29) is 40.0 Å². The van der Waals surface area contributed by atoms with Crippen LogP contribution in [-0.2, 0) is 26.5 Å². The summed E-state index contributed by atoms with van der Waals surface area (Å²) in [5.41, 5.74) is 0. The molecule has 0 spiro atoms. The first kappa shape index (κ1) is 38.0. The Labute approximate surface area is 188 Å². The zero-order chi connectivity index (χ0) is 22.1. The Morgan fingerprint density at radius 3 is 1.32 bits per heavy atom. The van der Waals surface area contributed by atoms with Gasteiger partial charge in [-0.25, -0.2) is 0 Å². The normalized spacial score (nSPS) is 8.61. The van der Waals surface area contributed by atoms with Crippen molar-refractivity contribution in [3.05, 3.63) is 36.4 Å². The van der Waals surface area contributed by atoms with E-state index in [2.05, 4.69) is 13.0 Å². The van der Waals surface area contributed by atoms with Gasteiger partial charge in [0.25, 0.3) is 0 Å². The molecule has 1 aromatic rings. The fraction of sp³-hybridized carbons (Fsp3) is 0.682. The first-order chi connectivity index (χ1) is 12.5. The molecule has 166 valence electrons. The maximum Gasteiger partial charge on any atom is 0.303 e. The van der Waals surface area contributed by atoms with E-state index in [4.69, 9.17) is 20.4 Å². The smallest absolute Gasteiger partial charge is 0.303 e. The number of aliphatic carboxylic acids is 1. The van der Waals surface area contributed by atoms with Gasteiger partial charge in [-0.1, -0.05) is 26.2 Å². The predicted octanol–water partition coefficient (Wildman–Crippen LogP) is 4.69. The molecular formula is C22H43O5Ti-. The maximum absolute atomic E-state index is 9.96. The largest absolute Gasteiger partial charge is 0.481 e. The molecule has 4 N–H and O–H groups in total. The van der Waals surface area contributed by atoms with Gasteiger partial charge in [0.05, 0.1) is 0 Å². The topological polar surface area (TPSA) is 98.0 Å². The Morgan fingerprint density at radius 1 is 0.786 bits per heavy atom. The minimum absolute atomic E-state index is 0. The van der Waals surface area contributed by atoms with Crippen LogP contribution in [0, 0.1) is 6.07 Å². The van der Waals surface area contributed by atoms with E-state index >= 15 is 0 Å². The molecule has 0 aliphatic carbocycles. The number of rotatable bonds is 5. The number of benzene rings is 1. The average molecular weight is 435 g/mol. The Balaban J connectivity index is -0.0000000819. The van der Waals surface area contributed by atoms with Crippen molar-refractivity contribution >= 4 is 5.97 Å². The van der Waals surface area contributed by atoms with Crippen LogP contribution < -0.4 is 0 Å². The molecule has 1 aromatic carbocycles. The molecule has 28 heavy (non-hydrogen) atoms. The molecule has 0 unspecified atom stereocenters. The monoisotopic (exact) mass is 435 g/mol. The summed E-state index contributed by atoms with van der Waals surface area (Å²) < 4.78 is 0. The minimum atomic E-state index is -0.675. The zero-order valence-electron chi connectivity index (χ0n) is 18.9. The summed E-state index contributed by atoms with van der Waals surface area (Å²) in [4.78, 5) is 9.96. The van der Waals surface area contributed by atoms with Crippen LogP contribution in [0.25, 0.3) is 0 Å². The van der Waals surface area contributed by atoms with Gasteiger partial charge < -0.3 is 20.4 Å². The number of carboxylic acids is 1. The van der Waals surface area contributed by atoms with Crippen molar-refractivity contribution in [2.45, 2.75) is 98.9 Å². The van der Waals surface area contributed by atoms with Gasteiger partial charge in [-0.3, -0.25) is 4.79 Å². The zero-order valence-corrected chi connectivity index (χ0v) is 20.4. The van der Waals surface area contributed by atoms with Crippen LogP contribution in [0.3, 0.4) is 0 Å². The molecule has 5 nitrogen and oxygen atoms in total. The summed E-state index contributed by atoms with van der Waals surface area (Å²) in [7, 11) is 0. The van der Waals surface area contributed by atoms with E-state index in [9.17, 15) is 4.79 Å². The van der Waals surface area contributed by atoms with Crippen LogP contribution in [-0.4, -0.2) is 44.7 Å². The van der Waals surface area contributed by atoms with Gasteiger partial charge >= 0.3 is 5.97 Å². The van der Waals surface area contributed by atoms with Crippen molar-refractivity contribution in [2.75, 3.05) is 0 Å². The van der Waals surface area contributed by atoms with Crippen LogP contribution in [0.4, 0.5) is 0 Å². The Hall–Kier alpha value is -0.716. The molecule has 0 saturated heterocycles. The van der Waals surface area contributed by atoms with E-state index in [0.29, 0.717) is 6.42 Å². The Morgan fingerprint density at radius 2 is 1.14 bits per heavy atom. The van der Waals surface area contributed by atoms with E-state index in [1.807, 2.05) is 30.3 Å². The summed E-state index contributed by atoms with van der Waals surface area (Å²) in [6.07, 6.45) is 4.05. The van der Waals surface area contributed by atoms with Gasteiger partial charge in [-0.15, -0.1) is 0 Å². The maximum atomic E-state index is 9.96. The molecule has 0 heterocycles. The molecule has 0 aliphatic heterocycles. The van der Waals surface area contributed by atoms with Crippen molar-refractivity contribution in [2.24, 2.45) is 0 Å². The second kappa shape index (κ2) is 33.8. The van der Waals surface area contributed by atoms with Crippen molar-refractivity contribution < 1.29 is 46.9 Å². The van der Waals surface area contributed by atoms with Gasteiger partial charge in [-0.2, -0.15) is 36.4 Å². The second-order valence-electron chi connectivity index (χ2n) is 6.56. The summed E-state index contributed by atoms with van der Waals surface area (Å²) in [5, 5.41) is 32.4. The van der Waals surface area contributed by atoms with Gasteiger partial charge in [0.15, 0.2) is 0 Å². The van der Waals surface area contributed by atoms with E-state index in [1.54, 1.807) is 41.5 Å². The third kappa shape index (κ3) is 117. The number of hydrogen-bond donors (Lipinski definition) is 4. The molecule has 0 atom stereocenters. The van der Waals surface area contributed by atoms with Gasteiger partial charge in [0.2, 0.25) is 0 Å². The quantitative estimate of drug-likeness (QED) is 0.306. The molecule has 1 rings (SSSR count). The van der Waals surface area contributed by atoms with Crippen molar-refractivity contribution in [1.29, 1.82) is 0 Å². The predicted molar refractivity (Wildman–Crippen MR) is 114 cm³/mol. The standard InChI is InChI=1S/C7H14O2.C6H5.3C3H8O.Ti/c1-2-3-4-5-6-7(8)9;1-2-4-6-5-3-1;3*1-3(2)4;/h2-6H2,1H3,(H,8,9);1-5H;3*3-4H,1-2H3;/q;-1;;;;. The molecule has 0 aromatic heterocycles. The average Bonchev–Trinajstić information content (AvgIpc) is 2.52. The molecular weight excluding hydrogens is 392 g/mol. The fourth-order valence-electron chi connectivity index (χ4n) is 1.04. The summed E-state index contributed by atoms with van der Waals surface area (Å²) in [6.45, 7) is 12.4. The van der Waals surface area contributed by atoms with Crippen molar-refractivity contribution in [3.63, 3.8) is 0 Å². The number of hydrogen-bond acceptors (Lipinski definition) is 4. The first-order valence-corrected chi connectivity index (χ1v) is 9.64. The van der Waals surface area contributed by atoms with Crippen LogP contribution in [0.1, 0.15) is 80.6 Å². The third-order valence-electron chi connectivity index (χ3n) is 1.85. The minimum Gasteiger partial charge on any atom is -0.481 e. The Bertz CT molecular complexity index is 308. The van der Waals surface area contributed by atoms with Crippen LogP contribution in [0.15, 0.2) is 30.3 Å². The van der Waals surface area contributed by atoms with Crippen LogP contribution >= 0.6 is 0 Å². The summed E-state index contributed by atoms with van der Waals surface area (Å²) in [6, 6.07) is 12.5. The number of carboxylic acid groups (broad SMARTS) is 1. The van der Waals surface area contributed by atoms with Crippen molar-refractivity contribution in [3.8, 4) is 0 Å². The van der Waals surface area contributed by atoms with Crippen LogP contribution in [0.5, 0.6) is 0 Å². The molecule has 0 bridgehead atoms. The van der Waals surface area contributed by atoms with E-state index in [1.165, 1.54) is 6.42 Å². The number of aliphatic hydroxyl groups excluding tert-OH is 3. The fourth-order valence-corrected chi connectivity index (χ4v) is 1.04. The van der Waals surface area contributed by atoms with E-state index < -0.39 is 5.97 Å². The van der Waals surface area contributed by atoms with Crippen molar-refractivity contribution in [1.82, 2.24) is 0 Å². The van der Waals surface area contributed by atoms with Gasteiger partial charge in [-0.05, 0) is 48.0 Å². The Kier molecular flexibility index (Phi) is 45.9.